The summed E-state index contributed by atoms with van der Waals surface area (Å²) in [5, 5.41) is 11.1. The molecule has 0 spiro atoms. The van der Waals surface area contributed by atoms with E-state index in [0.29, 0.717) is 5.75 Å². The second kappa shape index (κ2) is 7.38. The van der Waals surface area contributed by atoms with Crippen molar-refractivity contribution in [2.75, 3.05) is 27.7 Å². The first-order valence-corrected chi connectivity index (χ1v) is 5.75. The lowest BCUT2D eigenvalue weighted by Crippen LogP contribution is -2.41. The fourth-order valence-corrected chi connectivity index (χ4v) is 1.76. The third kappa shape index (κ3) is 4.66. The molecule has 0 saturated heterocycles. The first-order valence-electron chi connectivity index (χ1n) is 5.75. The van der Waals surface area contributed by atoms with E-state index in [4.69, 9.17) is 4.74 Å². The van der Waals surface area contributed by atoms with Gasteiger partial charge in [0.2, 0.25) is 0 Å². The number of aliphatic imine (C=N–C) groups is 1. The van der Waals surface area contributed by atoms with Gasteiger partial charge in [0.25, 0.3) is 0 Å². The minimum Gasteiger partial charge on any atom is -0.566 e. The SMILES string of the molecule is Br.CCC[N+](C)(C)c1cccc(OC([O-])=NC)c1. The van der Waals surface area contributed by atoms with Crippen molar-refractivity contribution in [3.8, 4) is 5.75 Å². The summed E-state index contributed by atoms with van der Waals surface area (Å²) in [6.45, 7) is 3.19. The van der Waals surface area contributed by atoms with Crippen molar-refractivity contribution < 1.29 is 9.84 Å². The maximum Gasteiger partial charge on any atom is 0.149 e. The molecule has 1 rings (SSSR count). The summed E-state index contributed by atoms with van der Waals surface area (Å²) in [6, 6.07) is 7.58. The molecule has 18 heavy (non-hydrogen) atoms. The Bertz CT molecular complexity index is 406. The van der Waals surface area contributed by atoms with E-state index >= 15 is 0 Å². The Labute approximate surface area is 119 Å². The van der Waals surface area contributed by atoms with Crippen LogP contribution in [0.15, 0.2) is 29.3 Å². The lowest BCUT2D eigenvalue weighted by Gasteiger charge is -2.29. The molecule has 102 valence electrons. The van der Waals surface area contributed by atoms with Crippen molar-refractivity contribution in [2.24, 2.45) is 4.99 Å². The van der Waals surface area contributed by atoms with E-state index in [-0.39, 0.29) is 17.0 Å². The van der Waals surface area contributed by atoms with Crippen molar-refractivity contribution in [1.82, 2.24) is 4.48 Å². The van der Waals surface area contributed by atoms with Crippen LogP contribution in [0.3, 0.4) is 0 Å². The Morgan fingerprint density at radius 1 is 1.39 bits per heavy atom. The lowest BCUT2D eigenvalue weighted by molar-refractivity contribution is -0.240. The topological polar surface area (TPSA) is 44.6 Å². The summed E-state index contributed by atoms with van der Waals surface area (Å²) in [5.41, 5.74) is 1.12. The van der Waals surface area contributed by atoms with Gasteiger partial charge in [-0.15, -0.1) is 17.0 Å². The number of benzene rings is 1. The lowest BCUT2D eigenvalue weighted by atomic mass is 10.2. The molecule has 0 aliphatic carbocycles. The standard InChI is InChI=1S/C13H20N2O2.BrH/c1-5-9-15(3,4)11-7-6-8-12(10-11)17-13(16)14-2;/h6-8,10H,5,9H2,1-4H3;1H. The normalized spacial score (nSPS) is 11.9. The number of quaternary nitrogens is 1. The Morgan fingerprint density at radius 3 is 2.61 bits per heavy atom. The molecule has 4 nitrogen and oxygen atoms in total. The molecular weight excluding hydrogens is 296 g/mol. The molecule has 0 saturated carbocycles. The third-order valence-electron chi connectivity index (χ3n) is 2.69. The number of halogens is 1. The molecule has 0 amide bonds. The molecule has 0 atom stereocenters. The molecule has 0 aromatic heterocycles. The molecular formula is C13H21BrN2O2. The summed E-state index contributed by atoms with van der Waals surface area (Å²) >= 11 is 0. The predicted molar refractivity (Wildman–Crippen MR) is 79.6 cm³/mol. The van der Waals surface area contributed by atoms with E-state index in [2.05, 4.69) is 26.0 Å². The van der Waals surface area contributed by atoms with Gasteiger partial charge in [-0.2, -0.15) is 0 Å². The van der Waals surface area contributed by atoms with E-state index in [1.54, 1.807) is 6.07 Å². The van der Waals surface area contributed by atoms with Gasteiger partial charge in [0, 0.05) is 18.9 Å². The van der Waals surface area contributed by atoms with Gasteiger partial charge < -0.3 is 9.84 Å². The number of nitrogens with zero attached hydrogens (tertiary/aromatic N) is 2. The van der Waals surface area contributed by atoms with Crippen LogP contribution >= 0.6 is 17.0 Å². The Balaban J connectivity index is 0.00000289. The Hall–Kier alpha value is -1.07. The molecule has 0 aliphatic heterocycles. The minimum absolute atomic E-state index is 0. The van der Waals surface area contributed by atoms with Crippen molar-refractivity contribution in [3.63, 3.8) is 0 Å². The van der Waals surface area contributed by atoms with E-state index in [1.165, 1.54) is 7.05 Å². The van der Waals surface area contributed by atoms with E-state index in [0.717, 1.165) is 23.1 Å². The number of hydrogen-bond donors (Lipinski definition) is 0. The van der Waals surface area contributed by atoms with Crippen molar-refractivity contribution in [3.05, 3.63) is 24.3 Å². The average molecular weight is 317 g/mol. The second-order valence-corrected chi connectivity index (χ2v) is 4.50. The van der Waals surface area contributed by atoms with E-state index < -0.39 is 6.08 Å². The fraction of sp³-hybridized carbons (Fsp3) is 0.462. The highest BCUT2D eigenvalue weighted by Gasteiger charge is 2.17. The quantitative estimate of drug-likeness (QED) is 0.484. The average Bonchev–Trinajstić information content (AvgIpc) is 2.29. The van der Waals surface area contributed by atoms with Crippen LogP contribution in [0, 0.1) is 0 Å². The Morgan fingerprint density at radius 2 is 2.06 bits per heavy atom. The van der Waals surface area contributed by atoms with Crippen LogP contribution in [0.1, 0.15) is 13.3 Å². The second-order valence-electron chi connectivity index (χ2n) is 4.50. The smallest absolute Gasteiger partial charge is 0.149 e. The highest BCUT2D eigenvalue weighted by Crippen LogP contribution is 2.24. The van der Waals surface area contributed by atoms with Crippen LogP contribution in [0.2, 0.25) is 0 Å². The zero-order valence-corrected chi connectivity index (χ0v) is 13.1. The van der Waals surface area contributed by atoms with Crippen molar-refractivity contribution >= 4 is 28.8 Å². The van der Waals surface area contributed by atoms with Gasteiger partial charge in [0.05, 0.1) is 20.6 Å². The molecule has 5 heteroatoms. The van der Waals surface area contributed by atoms with Crippen LogP contribution < -0.4 is 14.3 Å². The number of rotatable bonds is 4. The first kappa shape index (κ1) is 16.9. The van der Waals surface area contributed by atoms with Gasteiger partial charge in [0.15, 0.2) is 0 Å². The van der Waals surface area contributed by atoms with Crippen molar-refractivity contribution in [1.29, 1.82) is 0 Å². The van der Waals surface area contributed by atoms with Gasteiger partial charge >= 0.3 is 0 Å². The van der Waals surface area contributed by atoms with Gasteiger partial charge in [-0.1, -0.05) is 13.0 Å². The van der Waals surface area contributed by atoms with E-state index in [1.807, 2.05) is 18.2 Å². The highest BCUT2D eigenvalue weighted by atomic mass is 79.9. The van der Waals surface area contributed by atoms with Crippen LogP contribution in [-0.4, -0.2) is 33.8 Å². The molecule has 0 N–H and O–H groups in total. The maximum absolute atomic E-state index is 11.1. The molecule has 0 heterocycles. The van der Waals surface area contributed by atoms with Gasteiger partial charge in [-0.3, -0.25) is 9.48 Å². The summed E-state index contributed by atoms with van der Waals surface area (Å²) in [4.78, 5) is 3.45. The summed E-state index contributed by atoms with van der Waals surface area (Å²) in [6.07, 6.45) is 0.532. The summed E-state index contributed by atoms with van der Waals surface area (Å²) in [7, 11) is 5.69. The molecule has 0 bridgehead atoms. The van der Waals surface area contributed by atoms with E-state index in [9.17, 15) is 5.11 Å². The maximum atomic E-state index is 11.1. The molecule has 0 aliphatic rings. The molecule has 0 fully saturated rings. The van der Waals surface area contributed by atoms with Crippen LogP contribution in [-0.2, 0) is 0 Å². The summed E-state index contributed by atoms with van der Waals surface area (Å²) in [5.74, 6) is 0.542. The minimum atomic E-state index is -0.567. The van der Waals surface area contributed by atoms with Gasteiger partial charge in [-0.05, 0) is 18.6 Å². The number of ether oxygens (including phenoxy) is 1. The molecule has 1 aromatic rings. The molecule has 0 unspecified atom stereocenters. The highest BCUT2D eigenvalue weighted by molar-refractivity contribution is 8.93. The molecule has 0 radical (unpaired) electrons. The van der Waals surface area contributed by atoms with Gasteiger partial charge in [-0.25, -0.2) is 0 Å². The third-order valence-corrected chi connectivity index (χ3v) is 2.69. The van der Waals surface area contributed by atoms with Gasteiger partial charge in [0.1, 0.15) is 11.8 Å². The van der Waals surface area contributed by atoms with Crippen LogP contribution in [0.4, 0.5) is 5.69 Å². The zero-order valence-electron chi connectivity index (χ0n) is 11.3. The van der Waals surface area contributed by atoms with Crippen molar-refractivity contribution in [2.45, 2.75) is 13.3 Å². The summed E-state index contributed by atoms with van der Waals surface area (Å²) < 4.78 is 5.83. The predicted octanol–water partition coefficient (Wildman–Crippen LogP) is 1.97. The number of hydrogen-bond acceptors (Lipinski definition) is 3. The molecule has 1 aromatic carbocycles. The largest absolute Gasteiger partial charge is 0.566 e. The monoisotopic (exact) mass is 316 g/mol. The fourth-order valence-electron chi connectivity index (χ4n) is 1.76. The van der Waals surface area contributed by atoms with Crippen LogP contribution in [0.5, 0.6) is 5.75 Å². The first-order chi connectivity index (χ1) is 7.99. The zero-order chi connectivity index (χ0) is 12.9. The Kier molecular flexibility index (Phi) is 6.94. The van der Waals surface area contributed by atoms with Crippen LogP contribution in [0.25, 0.3) is 0 Å².